The molecule has 1 unspecified atom stereocenters. The summed E-state index contributed by atoms with van der Waals surface area (Å²) >= 11 is 0. The highest BCUT2D eigenvalue weighted by Gasteiger charge is 2.24. The molecule has 162 valence electrons. The lowest BCUT2D eigenvalue weighted by Gasteiger charge is -2.20. The van der Waals surface area contributed by atoms with Crippen LogP contribution in [0.4, 0.5) is 5.82 Å². The molecular formula is C22H29N3O4S. The molecule has 2 rings (SSSR count). The third-order valence-corrected chi connectivity index (χ3v) is 5.56. The van der Waals surface area contributed by atoms with Crippen LogP contribution in [0.25, 0.3) is 0 Å². The molecule has 0 spiro atoms. The molecule has 0 aliphatic rings. The predicted octanol–water partition coefficient (Wildman–Crippen LogP) is 2.86. The lowest BCUT2D eigenvalue weighted by atomic mass is 9.86. The molecule has 2 N–H and O–H groups in total. The molecule has 8 heteroatoms. The summed E-state index contributed by atoms with van der Waals surface area (Å²) in [6.07, 6.45) is 2.62. The SMILES string of the molecule is Cc1ccnc(NC(=O)C(CCS(C)(=O)=O)NC(=O)c2ccc(C(C)(C)C)cc2)c1. The minimum absolute atomic E-state index is 0.0394. The zero-order valence-corrected chi connectivity index (χ0v) is 18.8. The van der Waals surface area contributed by atoms with E-state index in [1.807, 2.05) is 19.1 Å². The van der Waals surface area contributed by atoms with Crippen LogP contribution < -0.4 is 10.6 Å². The highest BCUT2D eigenvalue weighted by molar-refractivity contribution is 7.90. The number of aryl methyl sites for hydroxylation is 1. The normalized spacial score (nSPS) is 12.8. The molecule has 0 saturated carbocycles. The molecule has 30 heavy (non-hydrogen) atoms. The van der Waals surface area contributed by atoms with Crippen molar-refractivity contribution < 1.29 is 18.0 Å². The van der Waals surface area contributed by atoms with Crippen LogP contribution in [0, 0.1) is 6.92 Å². The molecule has 1 atom stereocenters. The van der Waals surface area contributed by atoms with Crippen LogP contribution in [0.3, 0.4) is 0 Å². The number of amides is 2. The van der Waals surface area contributed by atoms with Gasteiger partial charge in [-0.2, -0.15) is 0 Å². The Labute approximate surface area is 178 Å². The fourth-order valence-electron chi connectivity index (χ4n) is 2.78. The van der Waals surface area contributed by atoms with Gasteiger partial charge in [-0.15, -0.1) is 0 Å². The predicted molar refractivity (Wildman–Crippen MR) is 118 cm³/mol. The Bertz CT molecular complexity index is 1010. The van der Waals surface area contributed by atoms with Gasteiger partial charge in [0.05, 0.1) is 5.75 Å². The summed E-state index contributed by atoms with van der Waals surface area (Å²) in [6, 6.07) is 9.61. The van der Waals surface area contributed by atoms with Crippen LogP contribution in [0.5, 0.6) is 0 Å². The number of anilines is 1. The first-order valence-electron chi connectivity index (χ1n) is 9.68. The molecule has 0 bridgehead atoms. The average Bonchev–Trinajstić information content (AvgIpc) is 2.63. The van der Waals surface area contributed by atoms with Crippen molar-refractivity contribution in [2.24, 2.45) is 0 Å². The number of carbonyl (C=O) groups is 2. The average molecular weight is 432 g/mol. The van der Waals surface area contributed by atoms with E-state index in [2.05, 4.69) is 36.4 Å². The third-order valence-electron chi connectivity index (χ3n) is 4.58. The molecule has 2 amide bonds. The van der Waals surface area contributed by atoms with Crippen molar-refractivity contribution in [2.45, 2.75) is 45.6 Å². The van der Waals surface area contributed by atoms with Crippen molar-refractivity contribution in [1.29, 1.82) is 0 Å². The fraction of sp³-hybridized carbons (Fsp3) is 0.409. The smallest absolute Gasteiger partial charge is 0.251 e. The summed E-state index contributed by atoms with van der Waals surface area (Å²) in [5.41, 5.74) is 2.34. The number of nitrogens with zero attached hydrogens (tertiary/aromatic N) is 1. The summed E-state index contributed by atoms with van der Waals surface area (Å²) in [6.45, 7) is 8.09. The molecule has 0 aliphatic heterocycles. The van der Waals surface area contributed by atoms with Gasteiger partial charge in [0.1, 0.15) is 21.7 Å². The molecule has 1 aromatic heterocycles. The number of benzene rings is 1. The lowest BCUT2D eigenvalue weighted by molar-refractivity contribution is -0.118. The first-order valence-corrected chi connectivity index (χ1v) is 11.7. The number of hydrogen-bond donors (Lipinski definition) is 2. The summed E-state index contributed by atoms with van der Waals surface area (Å²) < 4.78 is 23.2. The quantitative estimate of drug-likeness (QED) is 0.701. The van der Waals surface area contributed by atoms with E-state index < -0.39 is 27.7 Å². The van der Waals surface area contributed by atoms with Gasteiger partial charge in [0.25, 0.3) is 5.91 Å². The summed E-state index contributed by atoms with van der Waals surface area (Å²) in [5.74, 6) is -0.846. The Hall–Kier alpha value is -2.74. The maximum absolute atomic E-state index is 12.7. The van der Waals surface area contributed by atoms with Gasteiger partial charge in [0.2, 0.25) is 5.91 Å². The van der Waals surface area contributed by atoms with E-state index in [-0.39, 0.29) is 17.6 Å². The first-order chi connectivity index (χ1) is 13.8. The van der Waals surface area contributed by atoms with Crippen LogP contribution in [-0.2, 0) is 20.0 Å². The van der Waals surface area contributed by atoms with E-state index in [9.17, 15) is 18.0 Å². The number of sulfone groups is 1. The Morgan fingerprint density at radius 1 is 1.10 bits per heavy atom. The number of rotatable bonds is 7. The van der Waals surface area contributed by atoms with Gasteiger partial charge in [0, 0.05) is 18.0 Å². The number of hydrogen-bond acceptors (Lipinski definition) is 5. The second-order valence-electron chi connectivity index (χ2n) is 8.48. The molecule has 1 heterocycles. The standard InChI is InChI=1S/C22H29N3O4S/c1-15-10-12-23-19(14-15)25-21(27)18(11-13-30(5,28)29)24-20(26)16-6-8-17(9-7-16)22(2,3)4/h6-10,12,14,18H,11,13H2,1-5H3,(H,24,26)(H,23,25,27). The molecule has 0 saturated heterocycles. The topological polar surface area (TPSA) is 105 Å². The minimum atomic E-state index is -3.30. The van der Waals surface area contributed by atoms with Gasteiger partial charge in [-0.25, -0.2) is 13.4 Å². The summed E-state index contributed by atoms with van der Waals surface area (Å²) in [4.78, 5) is 29.5. The van der Waals surface area contributed by atoms with Gasteiger partial charge in [-0.05, 0) is 54.2 Å². The zero-order chi connectivity index (χ0) is 22.5. The summed E-state index contributed by atoms with van der Waals surface area (Å²) in [7, 11) is -3.30. The molecular weight excluding hydrogens is 402 g/mol. The zero-order valence-electron chi connectivity index (χ0n) is 18.0. The number of carbonyl (C=O) groups excluding carboxylic acids is 2. The molecule has 0 aliphatic carbocycles. The van der Waals surface area contributed by atoms with Crippen LogP contribution >= 0.6 is 0 Å². The second kappa shape index (κ2) is 9.38. The maximum Gasteiger partial charge on any atom is 0.251 e. The number of nitrogens with one attached hydrogen (secondary N) is 2. The highest BCUT2D eigenvalue weighted by Crippen LogP contribution is 2.22. The Kier molecular flexibility index (Phi) is 7.36. The van der Waals surface area contributed by atoms with Gasteiger partial charge in [-0.1, -0.05) is 32.9 Å². The fourth-order valence-corrected chi connectivity index (χ4v) is 3.45. The highest BCUT2D eigenvalue weighted by atomic mass is 32.2. The molecule has 0 radical (unpaired) electrons. The molecule has 2 aromatic rings. The van der Waals surface area contributed by atoms with E-state index in [1.165, 1.54) is 0 Å². The van der Waals surface area contributed by atoms with Crippen LogP contribution in [-0.4, -0.2) is 43.3 Å². The van der Waals surface area contributed by atoms with Crippen LogP contribution in [0.2, 0.25) is 0 Å². The van der Waals surface area contributed by atoms with Crippen molar-refractivity contribution in [3.05, 3.63) is 59.3 Å². The van der Waals surface area contributed by atoms with Crippen LogP contribution in [0.15, 0.2) is 42.6 Å². The summed E-state index contributed by atoms with van der Waals surface area (Å²) in [5, 5.41) is 5.30. The van der Waals surface area contributed by atoms with Crippen molar-refractivity contribution in [1.82, 2.24) is 10.3 Å². The largest absolute Gasteiger partial charge is 0.340 e. The van der Waals surface area contributed by atoms with Gasteiger partial charge >= 0.3 is 0 Å². The Morgan fingerprint density at radius 3 is 2.27 bits per heavy atom. The van der Waals surface area contributed by atoms with E-state index in [0.717, 1.165) is 17.4 Å². The lowest BCUT2D eigenvalue weighted by Crippen LogP contribution is -2.45. The van der Waals surface area contributed by atoms with Crippen LogP contribution in [0.1, 0.15) is 48.7 Å². The minimum Gasteiger partial charge on any atom is -0.340 e. The van der Waals surface area contributed by atoms with E-state index in [0.29, 0.717) is 11.4 Å². The first kappa shape index (κ1) is 23.5. The van der Waals surface area contributed by atoms with Crippen molar-refractivity contribution in [3.63, 3.8) is 0 Å². The van der Waals surface area contributed by atoms with Crippen molar-refractivity contribution >= 4 is 27.5 Å². The third kappa shape index (κ3) is 7.26. The van der Waals surface area contributed by atoms with E-state index >= 15 is 0 Å². The van der Waals surface area contributed by atoms with Gasteiger partial charge in [0.15, 0.2) is 0 Å². The maximum atomic E-state index is 12.7. The Balaban J connectivity index is 2.17. The van der Waals surface area contributed by atoms with E-state index in [4.69, 9.17) is 0 Å². The Morgan fingerprint density at radius 2 is 1.73 bits per heavy atom. The van der Waals surface area contributed by atoms with Crippen molar-refractivity contribution in [2.75, 3.05) is 17.3 Å². The number of aromatic nitrogens is 1. The molecule has 7 nitrogen and oxygen atoms in total. The molecule has 1 aromatic carbocycles. The monoisotopic (exact) mass is 431 g/mol. The molecule has 0 fully saturated rings. The van der Waals surface area contributed by atoms with Gasteiger partial charge in [-0.3, -0.25) is 9.59 Å². The van der Waals surface area contributed by atoms with E-state index in [1.54, 1.807) is 30.5 Å². The van der Waals surface area contributed by atoms with Gasteiger partial charge < -0.3 is 10.6 Å². The second-order valence-corrected chi connectivity index (χ2v) is 10.7. The van der Waals surface area contributed by atoms with Crippen molar-refractivity contribution in [3.8, 4) is 0 Å². The number of pyridine rings is 1.